The summed E-state index contributed by atoms with van der Waals surface area (Å²) in [5.41, 5.74) is 11.2. The van der Waals surface area contributed by atoms with Crippen LogP contribution in [-0.2, 0) is 25.8 Å². The fraction of sp³-hybridized carbons (Fsp3) is 0.560. The summed E-state index contributed by atoms with van der Waals surface area (Å²) in [4.78, 5) is 60.6. The summed E-state index contributed by atoms with van der Waals surface area (Å²) in [7, 11) is 0. The molecule has 0 radical (unpaired) electrons. The van der Waals surface area contributed by atoms with Crippen molar-refractivity contribution in [3.63, 3.8) is 0 Å². The summed E-state index contributed by atoms with van der Waals surface area (Å²) in [6, 6.07) is 1.94. The molecule has 0 saturated heterocycles. The number of ether oxygens (including phenoxy) is 1. The molecule has 0 aliphatic heterocycles. The van der Waals surface area contributed by atoms with E-state index in [9.17, 15) is 29.1 Å². The first-order valence-electron chi connectivity index (χ1n) is 12.7. The second-order valence-electron chi connectivity index (χ2n) is 9.17. The van der Waals surface area contributed by atoms with Gasteiger partial charge in [0, 0.05) is 37.3 Å². The Hall–Kier alpha value is -3.91. The number of rotatable bonds is 17. The molecule has 14 heteroatoms. The molecule has 218 valence electrons. The number of carbonyl (C=O) groups is 5. The van der Waals surface area contributed by atoms with Gasteiger partial charge in [-0.3, -0.25) is 19.2 Å². The molecular weight excluding hydrogens is 510 g/mol. The fourth-order valence-corrected chi connectivity index (χ4v) is 3.45. The highest BCUT2D eigenvalue weighted by Gasteiger charge is 2.28. The van der Waals surface area contributed by atoms with E-state index >= 15 is 0 Å². The van der Waals surface area contributed by atoms with Crippen LogP contribution < -0.4 is 42.8 Å². The predicted octanol–water partition coefficient (Wildman–Crippen LogP) is -0.945. The molecule has 0 aromatic heterocycles. The molecule has 6 amide bonds. The van der Waals surface area contributed by atoms with Crippen molar-refractivity contribution in [3.05, 3.63) is 23.8 Å². The van der Waals surface area contributed by atoms with Crippen LogP contribution in [-0.4, -0.2) is 73.1 Å². The number of benzene rings is 1. The average Bonchev–Trinajstić information content (AvgIpc) is 2.87. The smallest absolute Gasteiger partial charge is 0.312 e. The van der Waals surface area contributed by atoms with Crippen LogP contribution in [0.15, 0.2) is 18.2 Å². The van der Waals surface area contributed by atoms with Crippen molar-refractivity contribution in [2.45, 2.75) is 58.7 Å². The topological polar surface area (TPSA) is 227 Å². The van der Waals surface area contributed by atoms with E-state index in [-0.39, 0.29) is 49.7 Å². The number of carbonyl (C=O) groups excluding carboxylic acids is 5. The molecule has 0 spiro atoms. The van der Waals surface area contributed by atoms with Crippen LogP contribution in [0.4, 0.5) is 10.5 Å². The maximum Gasteiger partial charge on any atom is 0.312 e. The van der Waals surface area contributed by atoms with Crippen LogP contribution in [0.5, 0.6) is 5.75 Å². The van der Waals surface area contributed by atoms with Gasteiger partial charge in [0.1, 0.15) is 17.8 Å². The van der Waals surface area contributed by atoms with Crippen LogP contribution in [0, 0.1) is 5.92 Å². The van der Waals surface area contributed by atoms with Crippen LogP contribution >= 0.6 is 0 Å². The SMILES string of the molecule is CC(=O)NC(C(=O)N[C@@H](CCCNC(N)=O)C(=O)Nc1ccc(CO)c(OCC(=O)NCCCN)c1)C(C)C. The Morgan fingerprint density at radius 2 is 1.69 bits per heavy atom. The summed E-state index contributed by atoms with van der Waals surface area (Å²) in [6.45, 7) is 5.18. The van der Waals surface area contributed by atoms with Gasteiger partial charge in [-0.15, -0.1) is 0 Å². The van der Waals surface area contributed by atoms with Crippen molar-refractivity contribution >= 4 is 35.3 Å². The van der Waals surface area contributed by atoms with Gasteiger partial charge in [0.15, 0.2) is 6.61 Å². The first kappa shape index (κ1) is 33.1. The van der Waals surface area contributed by atoms with E-state index < -0.39 is 29.9 Å². The lowest BCUT2D eigenvalue weighted by Gasteiger charge is -2.25. The Morgan fingerprint density at radius 3 is 2.28 bits per heavy atom. The molecule has 0 saturated carbocycles. The quantitative estimate of drug-likeness (QED) is 0.112. The number of urea groups is 1. The number of primary amides is 1. The monoisotopic (exact) mass is 551 g/mol. The fourth-order valence-electron chi connectivity index (χ4n) is 3.45. The highest BCUT2D eigenvalue weighted by molar-refractivity contribution is 5.98. The third kappa shape index (κ3) is 12.9. The molecular formula is C25H41N7O7. The van der Waals surface area contributed by atoms with E-state index in [1.165, 1.54) is 19.1 Å². The van der Waals surface area contributed by atoms with Gasteiger partial charge in [0.25, 0.3) is 5.91 Å². The zero-order chi connectivity index (χ0) is 29.4. The highest BCUT2D eigenvalue weighted by Crippen LogP contribution is 2.24. The van der Waals surface area contributed by atoms with E-state index in [1.54, 1.807) is 19.9 Å². The summed E-state index contributed by atoms with van der Waals surface area (Å²) < 4.78 is 5.55. The van der Waals surface area contributed by atoms with Gasteiger partial charge >= 0.3 is 6.03 Å². The van der Waals surface area contributed by atoms with Crippen molar-refractivity contribution in [1.29, 1.82) is 0 Å². The minimum Gasteiger partial charge on any atom is -0.483 e. The normalized spacial score (nSPS) is 12.2. The lowest BCUT2D eigenvalue weighted by molar-refractivity contribution is -0.131. The Morgan fingerprint density at radius 1 is 1.00 bits per heavy atom. The van der Waals surface area contributed by atoms with Crippen LogP contribution in [0.1, 0.15) is 45.6 Å². The van der Waals surface area contributed by atoms with Crippen molar-refractivity contribution in [2.24, 2.45) is 17.4 Å². The number of anilines is 1. The molecule has 0 fully saturated rings. The Kier molecular flexibility index (Phi) is 14.9. The Labute approximate surface area is 228 Å². The molecule has 0 heterocycles. The van der Waals surface area contributed by atoms with Gasteiger partial charge in [-0.1, -0.05) is 19.9 Å². The highest BCUT2D eigenvalue weighted by atomic mass is 16.5. The summed E-state index contributed by atoms with van der Waals surface area (Å²) in [6.07, 6.45) is 1.10. The second kappa shape index (κ2) is 17.6. The summed E-state index contributed by atoms with van der Waals surface area (Å²) >= 11 is 0. The minimum absolute atomic E-state index is 0.157. The molecule has 0 aliphatic rings. The molecule has 1 aromatic carbocycles. The lowest BCUT2D eigenvalue weighted by Crippen LogP contribution is -2.54. The van der Waals surface area contributed by atoms with Gasteiger partial charge in [-0.25, -0.2) is 4.79 Å². The number of nitrogens with one attached hydrogen (secondary N) is 5. The summed E-state index contributed by atoms with van der Waals surface area (Å²) in [5.74, 6) is -1.90. The van der Waals surface area contributed by atoms with E-state index in [0.717, 1.165) is 0 Å². The lowest BCUT2D eigenvalue weighted by atomic mass is 10.0. The van der Waals surface area contributed by atoms with Gasteiger partial charge in [0.05, 0.1) is 6.61 Å². The number of aliphatic hydroxyl groups is 1. The standard InChI is InChI=1S/C25H41N7O7/c1-15(2)22(30-16(3)34)24(37)32-19(6-4-10-29-25(27)38)23(36)31-18-8-7-17(13-33)20(12-18)39-14-21(35)28-11-5-9-26/h7-8,12,15,19,22,33H,4-6,9-11,13-14,26H2,1-3H3,(H,28,35)(H,30,34)(H,31,36)(H,32,37)(H3,27,29,38)/t19-,22?/m0/s1. The zero-order valence-corrected chi connectivity index (χ0v) is 22.7. The predicted molar refractivity (Wildman–Crippen MR) is 144 cm³/mol. The molecule has 2 atom stereocenters. The second-order valence-corrected chi connectivity index (χ2v) is 9.17. The number of nitrogens with two attached hydrogens (primary N) is 2. The van der Waals surface area contributed by atoms with Gasteiger partial charge < -0.3 is 47.9 Å². The van der Waals surface area contributed by atoms with Gasteiger partial charge in [0.2, 0.25) is 17.7 Å². The molecule has 1 rings (SSSR count). The zero-order valence-electron chi connectivity index (χ0n) is 22.7. The van der Waals surface area contributed by atoms with Gasteiger partial charge in [-0.05, 0) is 37.8 Å². The van der Waals surface area contributed by atoms with Crippen LogP contribution in [0.2, 0.25) is 0 Å². The third-order valence-electron chi connectivity index (χ3n) is 5.48. The first-order chi connectivity index (χ1) is 18.5. The molecule has 39 heavy (non-hydrogen) atoms. The molecule has 0 aliphatic carbocycles. The molecule has 14 nitrogen and oxygen atoms in total. The Balaban J connectivity index is 3.01. The molecule has 1 aromatic rings. The minimum atomic E-state index is -1.02. The molecule has 10 N–H and O–H groups in total. The summed E-state index contributed by atoms with van der Waals surface area (Å²) in [5, 5.41) is 22.7. The number of hydrogen-bond acceptors (Lipinski definition) is 8. The number of amides is 6. The van der Waals surface area contributed by atoms with Gasteiger partial charge in [-0.2, -0.15) is 0 Å². The van der Waals surface area contributed by atoms with Crippen molar-refractivity contribution < 1.29 is 33.8 Å². The third-order valence-corrected chi connectivity index (χ3v) is 5.48. The van der Waals surface area contributed by atoms with Crippen molar-refractivity contribution in [3.8, 4) is 5.75 Å². The maximum atomic E-state index is 13.2. The van der Waals surface area contributed by atoms with Crippen LogP contribution in [0.3, 0.4) is 0 Å². The molecule has 0 bridgehead atoms. The Bertz CT molecular complexity index is 988. The van der Waals surface area contributed by atoms with E-state index in [1.807, 2.05) is 0 Å². The van der Waals surface area contributed by atoms with Crippen molar-refractivity contribution in [1.82, 2.24) is 21.3 Å². The number of aliphatic hydroxyl groups excluding tert-OH is 1. The number of hydrogen-bond donors (Lipinski definition) is 8. The van der Waals surface area contributed by atoms with E-state index in [2.05, 4.69) is 26.6 Å². The van der Waals surface area contributed by atoms with Crippen LogP contribution in [0.25, 0.3) is 0 Å². The molecule has 1 unspecified atom stereocenters. The van der Waals surface area contributed by atoms with Crippen molar-refractivity contribution in [2.75, 3.05) is 31.6 Å². The van der Waals surface area contributed by atoms with E-state index in [0.29, 0.717) is 37.2 Å². The largest absolute Gasteiger partial charge is 0.483 e. The average molecular weight is 552 g/mol. The maximum absolute atomic E-state index is 13.2. The van der Waals surface area contributed by atoms with E-state index in [4.69, 9.17) is 16.2 Å². The first-order valence-corrected chi connectivity index (χ1v) is 12.7.